The Kier molecular flexibility index (Phi) is 33.2. The van der Waals surface area contributed by atoms with Crippen molar-refractivity contribution in [3.8, 4) is 11.1 Å². The van der Waals surface area contributed by atoms with Gasteiger partial charge in [-0.25, -0.2) is 0 Å². The predicted molar refractivity (Wildman–Crippen MR) is 655 cm³/mol. The Balaban J connectivity index is 1.13. The van der Waals surface area contributed by atoms with Gasteiger partial charge in [-0.2, -0.15) is 0 Å². The number of benzene rings is 8. The van der Waals surface area contributed by atoms with Gasteiger partial charge in [-0.3, -0.25) is 0 Å². The van der Waals surface area contributed by atoms with Crippen molar-refractivity contribution in [1.82, 2.24) is 0 Å². The summed E-state index contributed by atoms with van der Waals surface area (Å²) in [4.78, 5) is 11.5. The molecule has 0 radical (unpaired) electrons. The van der Waals surface area contributed by atoms with Gasteiger partial charge >= 0.3 is 0 Å². The number of hydrogen-bond donors (Lipinski definition) is 0. The first-order valence-corrected chi connectivity index (χ1v) is 57.8. The van der Waals surface area contributed by atoms with Gasteiger partial charge < -0.3 is 19.6 Å². The number of fused-ring (bicyclic) bond motifs is 4. The van der Waals surface area contributed by atoms with Gasteiger partial charge in [0.1, 0.15) is 0 Å². The van der Waals surface area contributed by atoms with E-state index in [4.69, 9.17) is 6.58 Å². The van der Waals surface area contributed by atoms with Crippen LogP contribution in [0.1, 0.15) is 356 Å². The third-order valence-electron chi connectivity index (χ3n) is 36.1. The number of allylic oxidation sites excluding steroid dienone is 19. The molecule has 6 aliphatic carbocycles. The Labute approximate surface area is 906 Å². The van der Waals surface area contributed by atoms with Crippen molar-refractivity contribution in [2.45, 2.75) is 367 Å². The summed E-state index contributed by atoms with van der Waals surface area (Å²) < 4.78 is 0. The fourth-order valence-corrected chi connectivity index (χ4v) is 26.8. The van der Waals surface area contributed by atoms with Crippen LogP contribution in [0.4, 0.5) is 56.9 Å². The summed E-state index contributed by atoms with van der Waals surface area (Å²) >= 11 is 0. The Morgan fingerprint density at radius 1 is 0.409 bits per heavy atom. The van der Waals surface area contributed by atoms with E-state index in [-0.39, 0.29) is 109 Å². The van der Waals surface area contributed by atoms with Crippen LogP contribution in [0.25, 0.3) is 11.1 Å². The van der Waals surface area contributed by atoms with E-state index in [0.29, 0.717) is 11.8 Å². The van der Waals surface area contributed by atoms with Crippen molar-refractivity contribution < 1.29 is 0 Å². The lowest BCUT2D eigenvalue weighted by molar-refractivity contribution is 0.211. The van der Waals surface area contributed by atoms with E-state index in [1.54, 1.807) is 33.4 Å². The van der Waals surface area contributed by atoms with Gasteiger partial charge in [-0.1, -0.05) is 364 Å². The first-order valence-electron chi connectivity index (χ1n) is 57.8. The maximum absolute atomic E-state index is 4.87. The average molecular weight is 1980 g/mol. The van der Waals surface area contributed by atoms with Gasteiger partial charge in [-0.15, -0.1) is 32.9 Å². The Bertz CT molecular complexity index is 6360. The van der Waals surface area contributed by atoms with Gasteiger partial charge in [0.05, 0.1) is 12.1 Å². The molecule has 8 aromatic carbocycles. The molecule has 16 rings (SSSR count). The van der Waals surface area contributed by atoms with Crippen LogP contribution >= 0.6 is 0 Å². The minimum atomic E-state index is -0.273. The fraction of sp³-hybridized carbons (Fsp3) is 0.472. The van der Waals surface area contributed by atoms with Crippen LogP contribution in [0.5, 0.6) is 0 Å². The van der Waals surface area contributed by atoms with E-state index in [1.165, 1.54) is 139 Å². The van der Waals surface area contributed by atoms with Crippen molar-refractivity contribution in [3.05, 3.63) is 365 Å². The minimum absolute atomic E-state index is 0.00179. The number of hydrogen-bond acceptors (Lipinski definition) is 4. The third kappa shape index (κ3) is 24.2. The van der Waals surface area contributed by atoms with E-state index in [9.17, 15) is 0 Å². The summed E-state index contributed by atoms with van der Waals surface area (Å²) in [5.74, 6) is 2.35. The summed E-state index contributed by atoms with van der Waals surface area (Å²) in [5.41, 5.74) is 39.8. The summed E-state index contributed by atoms with van der Waals surface area (Å²) in [6.07, 6.45) is 56.2. The van der Waals surface area contributed by atoms with Crippen LogP contribution in [0, 0.1) is 70.0 Å². The number of anilines is 10. The first kappa shape index (κ1) is 111. The largest absolute Gasteiger partial charge is 0.334 e. The summed E-state index contributed by atoms with van der Waals surface area (Å²) in [6, 6.07) is 67.7. The third-order valence-corrected chi connectivity index (χ3v) is 36.1. The topological polar surface area (TPSA) is 13.0 Å². The second kappa shape index (κ2) is 44.6. The van der Waals surface area contributed by atoms with E-state index in [2.05, 4.69) is 489 Å². The normalized spacial score (nSPS) is 22.0. The highest BCUT2D eigenvalue weighted by molar-refractivity contribution is 7.00. The summed E-state index contributed by atoms with van der Waals surface area (Å²) in [6.45, 7) is 90.8. The molecule has 8 aromatic rings. The highest BCUT2D eigenvalue weighted by atomic mass is 15.2. The standard InChI is InChI=1S/C144H187BN4/c1-34-39-40-41-50-99-51-44-55-107(83-99)133-98(9)126(144(31,32)33)87-108(61-59-102(47-36-3)100(38-5)46-35-2)135(133)148-129-93-122(146(118-70-62-111(63-71-118)137(10,11)12)119-72-64-112(65-73-119)138(13,14)15)78-80-127(129)145-128-81-79-123(147(120-74-66-113(67-75-120)139(16,17)18)121-76-68-114(69-77-121)140(19,20)21)94-130(128)149(132-89-110(88-131(148)134(132)145)109-85-115(141(22,23)24)90-116(86-109)142(25,26)27)136-124(103(48-37-4)60-58-101-52-43-42-49-96(101)7)91-117(143(28,29)30)92-125(136)106-54-45-53-104(84-106)105-57-56-95(6)97(8)82-105/h34-38,41,50-51,54,58-81,85-86,88-91,93-94,100,102-105,107-108,117,125-126,135-136H,1-5,39-40,42-49,52-53,55-57,82-84,87,92H2,6-33H3/b50-41+,60-58+,61-59+. The maximum Gasteiger partial charge on any atom is 0.252 e. The molecule has 0 bridgehead atoms. The molecule has 2 aliphatic heterocycles. The molecule has 8 aliphatic rings. The maximum atomic E-state index is 4.87. The number of rotatable bonds is 29. The molecule has 0 spiro atoms. The van der Waals surface area contributed by atoms with Crippen LogP contribution in [0.2, 0.25) is 0 Å². The molecule has 4 nitrogen and oxygen atoms in total. The van der Waals surface area contributed by atoms with Gasteiger partial charge in [-0.05, 0) is 403 Å². The molecule has 149 heavy (non-hydrogen) atoms. The molecule has 0 saturated heterocycles. The van der Waals surface area contributed by atoms with E-state index < -0.39 is 0 Å². The van der Waals surface area contributed by atoms with Crippen molar-refractivity contribution in [1.29, 1.82) is 0 Å². The smallest absolute Gasteiger partial charge is 0.252 e. The van der Waals surface area contributed by atoms with Crippen LogP contribution < -0.4 is 36.0 Å². The average Bonchev–Trinajstić information content (AvgIpc) is 0.682. The minimum Gasteiger partial charge on any atom is -0.334 e. The highest BCUT2D eigenvalue weighted by Gasteiger charge is 2.54. The monoisotopic (exact) mass is 1980 g/mol. The van der Waals surface area contributed by atoms with Crippen molar-refractivity contribution >= 4 is 80.0 Å². The quantitative estimate of drug-likeness (QED) is 0.0263. The number of nitrogens with zero attached hydrogens (tertiary/aromatic N) is 4. The molecule has 12 unspecified atom stereocenters. The van der Waals surface area contributed by atoms with Gasteiger partial charge in [0.15, 0.2) is 0 Å². The summed E-state index contributed by atoms with van der Waals surface area (Å²) in [7, 11) is 0. The van der Waals surface area contributed by atoms with E-state index in [0.717, 1.165) is 124 Å². The molecular formula is C144H187BN4. The summed E-state index contributed by atoms with van der Waals surface area (Å²) in [5, 5.41) is 0. The molecule has 0 amide bonds. The Morgan fingerprint density at radius 2 is 0.886 bits per heavy atom. The molecule has 786 valence electrons. The Morgan fingerprint density at radius 3 is 1.36 bits per heavy atom. The second-order valence-corrected chi connectivity index (χ2v) is 55.0. The van der Waals surface area contributed by atoms with Crippen LogP contribution in [0.15, 0.2) is 332 Å². The van der Waals surface area contributed by atoms with Crippen molar-refractivity contribution in [3.63, 3.8) is 0 Å². The van der Waals surface area contributed by atoms with Gasteiger partial charge in [0.25, 0.3) is 6.71 Å². The van der Waals surface area contributed by atoms with Crippen LogP contribution in [-0.4, -0.2) is 18.8 Å². The van der Waals surface area contributed by atoms with Gasteiger partial charge in [0, 0.05) is 74.6 Å². The van der Waals surface area contributed by atoms with Crippen molar-refractivity contribution in [2.24, 2.45) is 70.0 Å². The van der Waals surface area contributed by atoms with E-state index in [1.807, 2.05) is 0 Å². The Hall–Kier alpha value is -10.6. The van der Waals surface area contributed by atoms with Crippen molar-refractivity contribution in [2.75, 3.05) is 19.6 Å². The molecule has 2 heterocycles. The lowest BCUT2D eigenvalue weighted by Crippen LogP contribution is -2.65. The molecule has 5 heteroatoms. The molecule has 0 fully saturated rings. The lowest BCUT2D eigenvalue weighted by Gasteiger charge is -2.55. The zero-order valence-electron chi connectivity index (χ0n) is 97.6. The highest BCUT2D eigenvalue weighted by Crippen LogP contribution is 2.60. The first-order chi connectivity index (χ1) is 70.4. The van der Waals surface area contributed by atoms with E-state index >= 15 is 0 Å². The number of unbranched alkanes of at least 4 members (excludes halogenated alkanes) is 1. The zero-order valence-corrected chi connectivity index (χ0v) is 97.6. The molecular weight excluding hydrogens is 1800 g/mol. The molecule has 12 atom stereocenters. The van der Waals surface area contributed by atoms with Crippen LogP contribution in [-0.2, 0) is 32.5 Å². The lowest BCUT2D eigenvalue weighted by atomic mass is 9.33. The molecule has 0 N–H and O–H groups in total. The van der Waals surface area contributed by atoms with Crippen LogP contribution in [0.3, 0.4) is 0 Å². The zero-order chi connectivity index (χ0) is 107. The predicted octanol–water partition coefficient (Wildman–Crippen LogP) is 39.7. The molecule has 0 aromatic heterocycles. The SMILES string of the molecule is C=CCC/C=C/C1=CCCC(C2=C(C)C(C(C)(C)C)CC(/C=C/C(CC=C)C(C=C)CC=C)C2N2c3cc(N(c4ccc(C(C)(C)C)cc4)c4ccc(C(C)(C)C)cc4)ccc3B3c4ccc(N(c5ccc(C(C)(C)C)cc5)c5ccc(C(C)(C)C)cc5)cc4N(C4C(C(/C=C/C5=C(C)CCCC5)CC=C)=CC(C(C)(C)C)CC4C4=CCCC(C5CCC(C)=C(C)C5)C4)c4cc(-c5cc(C(C)(C)C)cc(C(C)(C)C)c5)cc2c43)C1. The molecule has 0 saturated carbocycles. The fourth-order valence-electron chi connectivity index (χ4n) is 26.8. The second-order valence-electron chi connectivity index (χ2n) is 55.0. The van der Waals surface area contributed by atoms with Gasteiger partial charge in [0.2, 0.25) is 0 Å².